The molecule has 1 aliphatic rings. The number of carbonyl (C=O) groups is 1. The van der Waals surface area contributed by atoms with E-state index in [1.54, 1.807) is 0 Å². The fourth-order valence-electron chi connectivity index (χ4n) is 1.50. The van der Waals surface area contributed by atoms with Crippen molar-refractivity contribution in [2.75, 3.05) is 13.1 Å². The van der Waals surface area contributed by atoms with E-state index in [0.29, 0.717) is 12.3 Å². The van der Waals surface area contributed by atoms with Crippen LogP contribution in [0.1, 0.15) is 19.3 Å². The van der Waals surface area contributed by atoms with Crippen molar-refractivity contribution >= 4 is 5.97 Å². The first-order valence-electron chi connectivity index (χ1n) is 4.39. The van der Waals surface area contributed by atoms with Crippen molar-refractivity contribution in [3.05, 3.63) is 0 Å². The molecule has 4 heteroatoms. The van der Waals surface area contributed by atoms with Gasteiger partial charge >= 0.3 is 5.97 Å². The smallest absolute Gasteiger partial charge is 0.320 e. The Bertz CT molecular complexity index is 155. The van der Waals surface area contributed by atoms with E-state index in [4.69, 9.17) is 10.8 Å². The van der Waals surface area contributed by atoms with Gasteiger partial charge in [0.15, 0.2) is 0 Å². The van der Waals surface area contributed by atoms with E-state index >= 15 is 0 Å². The Morgan fingerprint density at radius 1 is 1.75 bits per heavy atom. The molecule has 0 aromatic rings. The van der Waals surface area contributed by atoms with Crippen LogP contribution in [0.25, 0.3) is 0 Å². The summed E-state index contributed by atoms with van der Waals surface area (Å²) in [5.74, 6) is -0.253. The summed E-state index contributed by atoms with van der Waals surface area (Å²) in [6, 6.07) is -0.675. The first-order valence-corrected chi connectivity index (χ1v) is 4.39. The van der Waals surface area contributed by atoms with Gasteiger partial charge in [-0.05, 0) is 38.3 Å². The Morgan fingerprint density at radius 2 is 2.50 bits per heavy atom. The maximum Gasteiger partial charge on any atom is 0.320 e. The molecule has 1 heterocycles. The summed E-state index contributed by atoms with van der Waals surface area (Å²) < 4.78 is 0. The number of rotatable bonds is 4. The zero-order valence-electron chi connectivity index (χ0n) is 7.12. The zero-order valence-corrected chi connectivity index (χ0v) is 7.12. The number of hydrogen-bond acceptors (Lipinski definition) is 3. The Balaban J connectivity index is 2.11. The topological polar surface area (TPSA) is 75.3 Å². The van der Waals surface area contributed by atoms with Gasteiger partial charge in [0.2, 0.25) is 0 Å². The summed E-state index contributed by atoms with van der Waals surface area (Å²) in [4.78, 5) is 10.4. The van der Waals surface area contributed by atoms with Gasteiger partial charge in [-0.15, -0.1) is 0 Å². The Hall–Kier alpha value is -0.610. The average molecular weight is 172 g/mol. The highest BCUT2D eigenvalue weighted by Crippen LogP contribution is 2.14. The van der Waals surface area contributed by atoms with Gasteiger partial charge in [-0.3, -0.25) is 4.79 Å². The largest absolute Gasteiger partial charge is 0.480 e. The normalized spacial score (nSPS) is 25.6. The van der Waals surface area contributed by atoms with Gasteiger partial charge < -0.3 is 16.2 Å². The van der Waals surface area contributed by atoms with Crippen LogP contribution in [0, 0.1) is 5.92 Å². The first-order chi connectivity index (χ1) is 5.70. The van der Waals surface area contributed by atoms with Gasteiger partial charge in [-0.25, -0.2) is 0 Å². The molecule has 4 N–H and O–H groups in total. The molecule has 0 saturated carbocycles. The quantitative estimate of drug-likeness (QED) is 0.548. The van der Waals surface area contributed by atoms with E-state index in [-0.39, 0.29) is 0 Å². The molecule has 1 aliphatic heterocycles. The van der Waals surface area contributed by atoms with E-state index < -0.39 is 12.0 Å². The number of carboxylic acids is 1. The lowest BCUT2D eigenvalue weighted by Gasteiger charge is -2.09. The average Bonchev–Trinajstić information content (AvgIpc) is 2.51. The van der Waals surface area contributed by atoms with Gasteiger partial charge in [0, 0.05) is 0 Å². The number of nitrogens with one attached hydrogen (secondary N) is 1. The van der Waals surface area contributed by atoms with E-state index in [1.807, 2.05) is 0 Å². The highest BCUT2D eigenvalue weighted by Gasteiger charge is 2.17. The zero-order chi connectivity index (χ0) is 8.97. The highest BCUT2D eigenvalue weighted by molar-refractivity contribution is 5.72. The standard InChI is InChI=1S/C8H16N2O2/c9-7(8(11)12)2-1-6-3-4-10-5-6/h6-7,10H,1-5,9H2,(H,11,12). The van der Waals surface area contributed by atoms with Crippen LogP contribution in [0.3, 0.4) is 0 Å². The molecule has 1 fully saturated rings. The first kappa shape index (κ1) is 9.48. The third-order valence-electron chi connectivity index (χ3n) is 2.37. The summed E-state index contributed by atoms with van der Waals surface area (Å²) in [6.07, 6.45) is 2.69. The molecule has 2 atom stereocenters. The molecule has 0 bridgehead atoms. The van der Waals surface area contributed by atoms with Crippen molar-refractivity contribution in [1.29, 1.82) is 0 Å². The highest BCUT2D eigenvalue weighted by atomic mass is 16.4. The second-order valence-corrected chi connectivity index (χ2v) is 3.38. The van der Waals surface area contributed by atoms with Gasteiger partial charge in [-0.1, -0.05) is 0 Å². The maximum atomic E-state index is 10.4. The van der Waals surface area contributed by atoms with Crippen molar-refractivity contribution in [1.82, 2.24) is 5.32 Å². The second kappa shape index (κ2) is 4.42. The lowest BCUT2D eigenvalue weighted by Crippen LogP contribution is -2.30. The molecule has 0 amide bonds. The second-order valence-electron chi connectivity index (χ2n) is 3.38. The van der Waals surface area contributed by atoms with Gasteiger partial charge in [0.25, 0.3) is 0 Å². The summed E-state index contributed by atoms with van der Waals surface area (Å²) in [5.41, 5.74) is 5.37. The number of hydrogen-bond donors (Lipinski definition) is 3. The molecule has 12 heavy (non-hydrogen) atoms. The van der Waals surface area contributed by atoms with Crippen LogP contribution in [-0.4, -0.2) is 30.2 Å². The summed E-state index contributed by atoms with van der Waals surface area (Å²) in [7, 11) is 0. The fourth-order valence-corrected chi connectivity index (χ4v) is 1.50. The molecule has 0 spiro atoms. The number of carboxylic acid groups (broad SMARTS) is 1. The molecule has 1 saturated heterocycles. The summed E-state index contributed by atoms with van der Waals surface area (Å²) in [6.45, 7) is 2.08. The molecule has 2 unspecified atom stereocenters. The summed E-state index contributed by atoms with van der Waals surface area (Å²) >= 11 is 0. The molecule has 70 valence electrons. The lowest BCUT2D eigenvalue weighted by molar-refractivity contribution is -0.138. The van der Waals surface area contributed by atoms with Crippen molar-refractivity contribution < 1.29 is 9.90 Å². The van der Waals surface area contributed by atoms with Gasteiger partial charge in [0.05, 0.1) is 0 Å². The minimum absolute atomic E-state index is 0.599. The number of nitrogens with two attached hydrogens (primary N) is 1. The van der Waals surface area contributed by atoms with Crippen LogP contribution in [0.5, 0.6) is 0 Å². The predicted molar refractivity (Wildman–Crippen MR) is 45.8 cm³/mol. The number of aliphatic carboxylic acids is 1. The van der Waals surface area contributed by atoms with E-state index in [1.165, 1.54) is 0 Å². The van der Waals surface area contributed by atoms with Crippen molar-refractivity contribution in [2.45, 2.75) is 25.3 Å². The molecule has 0 aliphatic carbocycles. The Kier molecular flexibility index (Phi) is 3.49. The van der Waals surface area contributed by atoms with Crippen LogP contribution >= 0.6 is 0 Å². The minimum Gasteiger partial charge on any atom is -0.480 e. The predicted octanol–water partition coefficient (Wildman–Crippen LogP) is -0.212. The van der Waals surface area contributed by atoms with Crippen LogP contribution in [-0.2, 0) is 4.79 Å². The minimum atomic E-state index is -0.888. The molecular weight excluding hydrogens is 156 g/mol. The molecule has 0 radical (unpaired) electrons. The molecular formula is C8H16N2O2. The van der Waals surface area contributed by atoms with Crippen molar-refractivity contribution in [2.24, 2.45) is 11.7 Å². The summed E-state index contributed by atoms with van der Waals surface area (Å²) in [5, 5.41) is 11.8. The molecule has 0 aromatic carbocycles. The van der Waals surface area contributed by atoms with Crippen LogP contribution in [0.4, 0.5) is 0 Å². The maximum absolute atomic E-state index is 10.4. The van der Waals surface area contributed by atoms with Crippen molar-refractivity contribution in [3.8, 4) is 0 Å². The molecule has 1 rings (SSSR count). The van der Waals surface area contributed by atoms with Gasteiger partial charge in [-0.2, -0.15) is 0 Å². The lowest BCUT2D eigenvalue weighted by atomic mass is 10.00. The third kappa shape index (κ3) is 2.79. The Morgan fingerprint density at radius 3 is 3.00 bits per heavy atom. The van der Waals surface area contributed by atoms with Crippen molar-refractivity contribution in [3.63, 3.8) is 0 Å². The van der Waals surface area contributed by atoms with Crippen LogP contribution < -0.4 is 11.1 Å². The monoisotopic (exact) mass is 172 g/mol. The van der Waals surface area contributed by atoms with Gasteiger partial charge in [0.1, 0.15) is 6.04 Å². The molecule has 4 nitrogen and oxygen atoms in total. The van der Waals surface area contributed by atoms with Crippen LogP contribution in [0.2, 0.25) is 0 Å². The van der Waals surface area contributed by atoms with E-state index in [9.17, 15) is 4.79 Å². The fraction of sp³-hybridized carbons (Fsp3) is 0.875. The molecule has 0 aromatic heterocycles. The Labute approximate surface area is 72.1 Å². The van der Waals surface area contributed by atoms with E-state index in [0.717, 1.165) is 25.9 Å². The van der Waals surface area contributed by atoms with Crippen LogP contribution in [0.15, 0.2) is 0 Å². The third-order valence-corrected chi connectivity index (χ3v) is 2.37. The van der Waals surface area contributed by atoms with E-state index in [2.05, 4.69) is 5.32 Å². The SMILES string of the molecule is NC(CCC1CCNC1)C(=O)O.